The van der Waals surface area contributed by atoms with Crippen LogP contribution in [0.4, 0.5) is 0 Å². The predicted octanol–water partition coefficient (Wildman–Crippen LogP) is 7.65. The Labute approximate surface area is 147 Å². The molecule has 0 radical (unpaired) electrons. The summed E-state index contributed by atoms with van der Waals surface area (Å²) in [6.07, 6.45) is 23.2. The number of rotatable bonds is 18. The molecule has 0 saturated heterocycles. The van der Waals surface area contributed by atoms with Crippen LogP contribution in [0.1, 0.15) is 130 Å². The lowest BCUT2D eigenvalue weighted by atomic mass is 9.96. The molecule has 140 valence electrons. The van der Waals surface area contributed by atoms with E-state index >= 15 is 0 Å². The molecule has 0 aromatic carbocycles. The molecule has 2 atom stereocenters. The summed E-state index contributed by atoms with van der Waals surface area (Å²) in [5.41, 5.74) is 0. The number of unbranched alkanes of at least 4 members (excludes halogenated alkanes) is 14. The highest BCUT2D eigenvalue weighted by Crippen LogP contribution is 2.16. The van der Waals surface area contributed by atoms with E-state index in [0.717, 1.165) is 12.8 Å². The van der Waals surface area contributed by atoms with Crippen molar-refractivity contribution in [3.05, 3.63) is 0 Å². The molecule has 0 aliphatic rings. The van der Waals surface area contributed by atoms with Gasteiger partial charge in [0.1, 0.15) is 0 Å². The molecule has 0 amide bonds. The second-order valence-corrected chi connectivity index (χ2v) is 7.69. The first-order valence-corrected chi connectivity index (χ1v) is 10.9. The van der Waals surface area contributed by atoms with Crippen molar-refractivity contribution < 1.29 is 5.11 Å². The zero-order chi connectivity index (χ0) is 17.2. The molecule has 0 fully saturated rings. The van der Waals surface area contributed by atoms with E-state index in [2.05, 4.69) is 20.8 Å². The van der Waals surface area contributed by atoms with Gasteiger partial charge in [0.15, 0.2) is 0 Å². The van der Waals surface area contributed by atoms with Crippen LogP contribution >= 0.6 is 0 Å². The lowest BCUT2D eigenvalue weighted by molar-refractivity contribution is 0.102. The Balaban J connectivity index is 3.08. The van der Waals surface area contributed by atoms with Crippen LogP contribution < -0.4 is 0 Å². The summed E-state index contributed by atoms with van der Waals surface area (Å²) in [6, 6.07) is 0. The summed E-state index contributed by atoms with van der Waals surface area (Å²) >= 11 is 0. The molecule has 0 spiro atoms. The van der Waals surface area contributed by atoms with Crippen LogP contribution in [-0.2, 0) is 0 Å². The van der Waals surface area contributed by atoms with E-state index in [1.54, 1.807) is 0 Å². The van der Waals surface area contributed by atoms with Crippen molar-refractivity contribution in [2.24, 2.45) is 5.92 Å². The van der Waals surface area contributed by atoms with Crippen LogP contribution in [0.3, 0.4) is 0 Å². The number of aliphatic hydroxyl groups excluding tert-OH is 1. The molecule has 0 aromatic heterocycles. The van der Waals surface area contributed by atoms with Crippen molar-refractivity contribution in [1.29, 1.82) is 0 Å². The highest BCUT2D eigenvalue weighted by Gasteiger charge is 2.10. The third-order valence-corrected chi connectivity index (χ3v) is 5.40. The summed E-state index contributed by atoms with van der Waals surface area (Å²) in [7, 11) is 0. The minimum Gasteiger partial charge on any atom is -0.393 e. The lowest BCUT2D eigenvalue weighted by Gasteiger charge is -2.16. The van der Waals surface area contributed by atoms with Crippen LogP contribution in [0.2, 0.25) is 0 Å². The monoisotopic (exact) mass is 326 g/mol. The first-order valence-electron chi connectivity index (χ1n) is 10.9. The van der Waals surface area contributed by atoms with Crippen molar-refractivity contribution >= 4 is 0 Å². The van der Waals surface area contributed by atoms with Gasteiger partial charge >= 0.3 is 0 Å². The van der Waals surface area contributed by atoms with Crippen molar-refractivity contribution in [3.8, 4) is 0 Å². The smallest absolute Gasteiger partial charge is 0.0565 e. The fourth-order valence-electron chi connectivity index (χ4n) is 3.28. The minimum atomic E-state index is -0.0676. The Kier molecular flexibility index (Phi) is 18.3. The van der Waals surface area contributed by atoms with Crippen molar-refractivity contribution in [1.82, 2.24) is 0 Å². The molecule has 0 aliphatic heterocycles. The predicted molar refractivity (Wildman–Crippen MR) is 105 cm³/mol. The fourth-order valence-corrected chi connectivity index (χ4v) is 3.28. The van der Waals surface area contributed by atoms with Gasteiger partial charge in [0, 0.05) is 0 Å². The maximum Gasteiger partial charge on any atom is 0.0565 e. The first kappa shape index (κ1) is 23.0. The van der Waals surface area contributed by atoms with Crippen molar-refractivity contribution in [3.63, 3.8) is 0 Å². The summed E-state index contributed by atoms with van der Waals surface area (Å²) in [5.74, 6) is 0.474. The fraction of sp³-hybridized carbons (Fsp3) is 1.00. The van der Waals surface area contributed by atoms with Gasteiger partial charge in [0.25, 0.3) is 0 Å². The van der Waals surface area contributed by atoms with Gasteiger partial charge in [-0.15, -0.1) is 0 Å². The quantitative estimate of drug-likeness (QED) is 0.256. The average Bonchev–Trinajstić information content (AvgIpc) is 2.57. The maximum atomic E-state index is 9.92. The van der Waals surface area contributed by atoms with E-state index in [-0.39, 0.29) is 6.10 Å². The molecule has 0 aliphatic carbocycles. The molecule has 1 N–H and O–H groups in total. The molecule has 0 saturated carbocycles. The van der Waals surface area contributed by atoms with Crippen LogP contribution in [-0.4, -0.2) is 11.2 Å². The largest absolute Gasteiger partial charge is 0.393 e. The summed E-state index contributed by atoms with van der Waals surface area (Å²) in [4.78, 5) is 0. The van der Waals surface area contributed by atoms with E-state index in [4.69, 9.17) is 0 Å². The van der Waals surface area contributed by atoms with Gasteiger partial charge in [-0.25, -0.2) is 0 Å². The third kappa shape index (κ3) is 16.6. The molecule has 0 bridgehead atoms. The number of aliphatic hydroxyl groups is 1. The number of hydrogen-bond acceptors (Lipinski definition) is 1. The molecule has 0 heterocycles. The van der Waals surface area contributed by atoms with Gasteiger partial charge in [-0.1, -0.05) is 124 Å². The standard InChI is InChI=1S/C22H46O/c1-4-6-7-8-9-10-11-12-13-14-15-16-17-18-19-20-22(23)21(3)5-2/h21-23H,4-20H2,1-3H3. The van der Waals surface area contributed by atoms with Crippen LogP contribution in [0.15, 0.2) is 0 Å². The lowest BCUT2D eigenvalue weighted by Crippen LogP contribution is -2.16. The van der Waals surface area contributed by atoms with Crippen LogP contribution in [0.5, 0.6) is 0 Å². The van der Waals surface area contributed by atoms with Gasteiger partial charge < -0.3 is 5.11 Å². The normalized spacial score (nSPS) is 14.1. The van der Waals surface area contributed by atoms with Gasteiger partial charge in [0.05, 0.1) is 6.10 Å². The maximum absolute atomic E-state index is 9.92. The number of hydrogen-bond donors (Lipinski definition) is 1. The van der Waals surface area contributed by atoms with Crippen LogP contribution in [0, 0.1) is 5.92 Å². The molecule has 23 heavy (non-hydrogen) atoms. The highest BCUT2D eigenvalue weighted by molar-refractivity contribution is 4.62. The Morgan fingerprint density at radius 2 is 0.913 bits per heavy atom. The van der Waals surface area contributed by atoms with Gasteiger partial charge in [-0.3, -0.25) is 0 Å². The van der Waals surface area contributed by atoms with E-state index in [1.807, 2.05) is 0 Å². The van der Waals surface area contributed by atoms with Crippen molar-refractivity contribution in [2.75, 3.05) is 0 Å². The van der Waals surface area contributed by atoms with Gasteiger partial charge in [0.2, 0.25) is 0 Å². The average molecular weight is 327 g/mol. The molecule has 0 rings (SSSR count). The third-order valence-electron chi connectivity index (χ3n) is 5.40. The second kappa shape index (κ2) is 18.3. The summed E-state index contributed by atoms with van der Waals surface area (Å²) in [6.45, 7) is 6.62. The van der Waals surface area contributed by atoms with Gasteiger partial charge in [-0.2, -0.15) is 0 Å². The Bertz CT molecular complexity index is 214. The SMILES string of the molecule is CCCCCCCCCCCCCCCCCC(O)C(C)CC. The first-order chi connectivity index (χ1) is 11.2. The summed E-state index contributed by atoms with van der Waals surface area (Å²) < 4.78 is 0. The summed E-state index contributed by atoms with van der Waals surface area (Å²) in [5, 5.41) is 9.92. The second-order valence-electron chi connectivity index (χ2n) is 7.69. The Hall–Kier alpha value is -0.0400. The zero-order valence-corrected chi connectivity index (χ0v) is 16.6. The molecular weight excluding hydrogens is 280 g/mol. The van der Waals surface area contributed by atoms with Gasteiger partial charge in [-0.05, 0) is 12.3 Å². The van der Waals surface area contributed by atoms with Crippen molar-refractivity contribution in [2.45, 2.75) is 136 Å². The van der Waals surface area contributed by atoms with Crippen LogP contribution in [0.25, 0.3) is 0 Å². The molecule has 1 heteroatoms. The highest BCUT2D eigenvalue weighted by atomic mass is 16.3. The molecule has 1 nitrogen and oxygen atoms in total. The molecule has 2 unspecified atom stereocenters. The van der Waals surface area contributed by atoms with E-state index in [0.29, 0.717) is 5.92 Å². The van der Waals surface area contributed by atoms with E-state index in [1.165, 1.54) is 96.3 Å². The minimum absolute atomic E-state index is 0.0676. The zero-order valence-electron chi connectivity index (χ0n) is 16.6. The molecular formula is C22H46O. The van der Waals surface area contributed by atoms with E-state index in [9.17, 15) is 5.11 Å². The Morgan fingerprint density at radius 1 is 0.565 bits per heavy atom. The topological polar surface area (TPSA) is 20.2 Å². The Morgan fingerprint density at radius 3 is 1.26 bits per heavy atom. The van der Waals surface area contributed by atoms with E-state index < -0.39 is 0 Å². The molecule has 0 aromatic rings.